The fraction of sp³-hybridized carbons (Fsp3) is 0.571. The number of hydrogen-bond acceptors (Lipinski definition) is 3. The van der Waals surface area contributed by atoms with E-state index in [0.29, 0.717) is 17.0 Å². The molecular weight excluding hydrogens is 412 g/mol. The summed E-state index contributed by atoms with van der Waals surface area (Å²) in [5.41, 5.74) is 1.23. The van der Waals surface area contributed by atoms with E-state index in [2.05, 4.69) is 12.2 Å². The smallest absolute Gasteiger partial charge is 0.291 e. The zero-order valence-corrected chi connectivity index (χ0v) is 19.5. The predicted octanol–water partition coefficient (Wildman–Crippen LogP) is 6.01. The van der Waals surface area contributed by atoms with Gasteiger partial charge in [0.2, 0.25) is 0 Å². The lowest BCUT2D eigenvalue weighted by molar-refractivity contribution is -0.0154. The van der Waals surface area contributed by atoms with Crippen LogP contribution in [0.15, 0.2) is 40.8 Å². The quantitative estimate of drug-likeness (QED) is 0.625. The highest BCUT2D eigenvalue weighted by molar-refractivity contribution is 6.08. The van der Waals surface area contributed by atoms with Gasteiger partial charge in [-0.1, -0.05) is 12.1 Å². The summed E-state index contributed by atoms with van der Waals surface area (Å²) in [4.78, 5) is 28.3. The average molecular weight is 447 g/mol. The Bertz CT molecular complexity index is 1040. The van der Waals surface area contributed by atoms with Crippen molar-refractivity contribution in [2.24, 2.45) is 17.8 Å². The molecule has 33 heavy (non-hydrogen) atoms. The zero-order valence-electron chi connectivity index (χ0n) is 19.5. The van der Waals surface area contributed by atoms with Crippen molar-refractivity contribution in [2.45, 2.75) is 76.2 Å². The molecular formula is C28H34N2O3. The summed E-state index contributed by atoms with van der Waals surface area (Å²) in [5.74, 6) is 3.54. The molecule has 5 aliphatic rings. The lowest BCUT2D eigenvalue weighted by Gasteiger charge is -2.55. The highest BCUT2D eigenvalue weighted by Crippen LogP contribution is 2.60. The molecule has 7 rings (SSSR count). The van der Waals surface area contributed by atoms with E-state index >= 15 is 0 Å². The first-order valence-corrected chi connectivity index (χ1v) is 12.8. The van der Waals surface area contributed by atoms with Crippen molar-refractivity contribution in [3.8, 4) is 0 Å². The Balaban J connectivity index is 1.21. The first-order valence-electron chi connectivity index (χ1n) is 12.8. The van der Waals surface area contributed by atoms with Gasteiger partial charge in [-0.3, -0.25) is 9.59 Å². The number of piperidine rings is 1. The Labute approximate surface area is 195 Å². The third-order valence-corrected chi connectivity index (χ3v) is 8.86. The number of anilines is 1. The molecule has 1 N–H and O–H groups in total. The Kier molecular flexibility index (Phi) is 5.11. The van der Waals surface area contributed by atoms with Crippen LogP contribution in [0.1, 0.15) is 91.4 Å². The number of furan rings is 1. The summed E-state index contributed by atoms with van der Waals surface area (Å²) in [7, 11) is 0. The number of nitrogens with zero attached hydrogens (tertiary/aromatic N) is 1. The van der Waals surface area contributed by atoms with Crippen LogP contribution in [-0.4, -0.2) is 29.3 Å². The minimum Gasteiger partial charge on any atom is -0.455 e. The molecule has 4 bridgehead atoms. The first-order chi connectivity index (χ1) is 16.0. The van der Waals surface area contributed by atoms with E-state index in [4.69, 9.17) is 4.42 Å². The molecule has 4 saturated carbocycles. The fourth-order valence-electron chi connectivity index (χ4n) is 7.67. The van der Waals surface area contributed by atoms with Gasteiger partial charge >= 0.3 is 0 Å². The second-order valence-corrected chi connectivity index (χ2v) is 11.2. The van der Waals surface area contributed by atoms with Crippen LogP contribution in [0.3, 0.4) is 0 Å². The molecule has 2 heterocycles. The van der Waals surface area contributed by atoms with E-state index in [1.54, 1.807) is 0 Å². The van der Waals surface area contributed by atoms with E-state index in [0.717, 1.165) is 49.3 Å². The highest BCUT2D eigenvalue weighted by Gasteiger charge is 2.53. The highest BCUT2D eigenvalue weighted by atomic mass is 16.4. The normalized spacial score (nSPS) is 32.7. The molecule has 5 nitrogen and oxygen atoms in total. The maximum Gasteiger partial charge on any atom is 0.291 e. The monoisotopic (exact) mass is 446 g/mol. The van der Waals surface area contributed by atoms with Crippen molar-refractivity contribution in [3.63, 3.8) is 0 Å². The van der Waals surface area contributed by atoms with Crippen LogP contribution in [0.2, 0.25) is 0 Å². The number of likely N-dealkylation sites (tertiary alicyclic amines) is 1. The second-order valence-electron chi connectivity index (χ2n) is 11.2. The number of hydrogen-bond donors (Lipinski definition) is 1. The van der Waals surface area contributed by atoms with Gasteiger partial charge < -0.3 is 14.6 Å². The van der Waals surface area contributed by atoms with Crippen LogP contribution in [0.4, 0.5) is 5.69 Å². The van der Waals surface area contributed by atoms with Crippen LogP contribution in [0.5, 0.6) is 0 Å². The topological polar surface area (TPSA) is 62.6 Å². The van der Waals surface area contributed by atoms with E-state index in [9.17, 15) is 9.59 Å². The molecule has 1 aromatic heterocycles. The first kappa shape index (κ1) is 21.0. The van der Waals surface area contributed by atoms with Crippen LogP contribution >= 0.6 is 0 Å². The molecule has 174 valence electrons. The SMILES string of the molecule is C[C@H]1CCCCN1C(=O)c1ccccc1NC(=O)c1ccc(C23CC4CC(CC(C4)C2)C3)o1. The Morgan fingerprint density at radius 2 is 1.67 bits per heavy atom. The van der Waals surface area contributed by atoms with Gasteiger partial charge in [-0.15, -0.1) is 0 Å². The van der Waals surface area contributed by atoms with Gasteiger partial charge in [-0.05, 0) is 107 Å². The molecule has 1 atom stereocenters. The van der Waals surface area contributed by atoms with E-state index < -0.39 is 0 Å². The number of benzene rings is 1. The number of rotatable bonds is 4. The van der Waals surface area contributed by atoms with Crippen molar-refractivity contribution >= 4 is 17.5 Å². The average Bonchev–Trinajstić information content (AvgIpc) is 3.30. The molecule has 2 amide bonds. The standard InChI is InChI=1S/C28H34N2O3/c1-18-6-4-5-11-30(18)27(32)22-7-2-3-8-23(22)29-26(31)24-9-10-25(33-24)28-15-19-12-20(16-28)14-21(13-19)17-28/h2-3,7-10,18-21H,4-6,11-17H2,1H3,(H,29,31)/t18-,19?,20?,21?,28?/m0/s1. The molecule has 0 radical (unpaired) electrons. The summed E-state index contributed by atoms with van der Waals surface area (Å²) < 4.78 is 6.23. The summed E-state index contributed by atoms with van der Waals surface area (Å²) in [6, 6.07) is 11.4. The third kappa shape index (κ3) is 3.70. The molecule has 2 aromatic rings. The second kappa shape index (κ2) is 8.03. The lowest BCUT2D eigenvalue weighted by atomic mass is 9.49. The van der Waals surface area contributed by atoms with Crippen LogP contribution < -0.4 is 5.32 Å². The molecule has 4 aliphatic carbocycles. The van der Waals surface area contributed by atoms with Crippen molar-refractivity contribution in [3.05, 3.63) is 53.5 Å². The van der Waals surface area contributed by atoms with Gasteiger partial charge in [0, 0.05) is 18.0 Å². The number of para-hydroxylation sites is 1. The van der Waals surface area contributed by atoms with Crippen LogP contribution in [0.25, 0.3) is 0 Å². The van der Waals surface area contributed by atoms with E-state index in [1.165, 1.54) is 38.5 Å². The van der Waals surface area contributed by atoms with Crippen molar-refractivity contribution in [2.75, 3.05) is 11.9 Å². The number of carbonyl (C=O) groups excluding carboxylic acids is 2. The molecule has 1 aromatic carbocycles. The summed E-state index contributed by atoms with van der Waals surface area (Å²) >= 11 is 0. The molecule has 5 fully saturated rings. The maximum absolute atomic E-state index is 13.3. The van der Waals surface area contributed by atoms with Crippen LogP contribution in [0, 0.1) is 17.8 Å². The number of nitrogens with one attached hydrogen (secondary N) is 1. The van der Waals surface area contributed by atoms with Crippen molar-refractivity contribution in [1.82, 2.24) is 4.90 Å². The molecule has 0 spiro atoms. The minimum atomic E-state index is -0.280. The van der Waals surface area contributed by atoms with E-state index in [1.807, 2.05) is 41.3 Å². The van der Waals surface area contributed by atoms with Gasteiger partial charge in [0.05, 0.1) is 11.3 Å². The number of amides is 2. The van der Waals surface area contributed by atoms with Crippen molar-refractivity contribution < 1.29 is 14.0 Å². The largest absolute Gasteiger partial charge is 0.455 e. The van der Waals surface area contributed by atoms with Gasteiger partial charge in [0.15, 0.2) is 5.76 Å². The Morgan fingerprint density at radius 3 is 2.36 bits per heavy atom. The summed E-state index contributed by atoms with van der Waals surface area (Å²) in [6.45, 7) is 2.88. The molecule has 5 heteroatoms. The molecule has 0 unspecified atom stereocenters. The Hall–Kier alpha value is -2.56. The lowest BCUT2D eigenvalue weighted by Crippen LogP contribution is -2.48. The number of carbonyl (C=O) groups is 2. The summed E-state index contributed by atoms with van der Waals surface area (Å²) in [5, 5.41) is 2.97. The Morgan fingerprint density at radius 1 is 0.970 bits per heavy atom. The van der Waals surface area contributed by atoms with Crippen LogP contribution in [-0.2, 0) is 5.41 Å². The van der Waals surface area contributed by atoms with Gasteiger partial charge in [-0.25, -0.2) is 0 Å². The van der Waals surface area contributed by atoms with Gasteiger partial charge in [0.1, 0.15) is 5.76 Å². The fourth-order valence-corrected chi connectivity index (χ4v) is 7.67. The zero-order chi connectivity index (χ0) is 22.6. The molecule has 1 aliphatic heterocycles. The maximum atomic E-state index is 13.3. The van der Waals surface area contributed by atoms with Crippen molar-refractivity contribution in [1.29, 1.82) is 0 Å². The minimum absolute atomic E-state index is 0.00759. The molecule has 1 saturated heterocycles. The van der Waals surface area contributed by atoms with Gasteiger partial charge in [-0.2, -0.15) is 0 Å². The van der Waals surface area contributed by atoms with E-state index in [-0.39, 0.29) is 23.3 Å². The third-order valence-electron chi connectivity index (χ3n) is 8.86. The van der Waals surface area contributed by atoms with Gasteiger partial charge in [0.25, 0.3) is 11.8 Å². The summed E-state index contributed by atoms with van der Waals surface area (Å²) in [6.07, 6.45) is 11.0. The predicted molar refractivity (Wildman–Crippen MR) is 127 cm³/mol.